The van der Waals surface area contributed by atoms with Crippen LogP contribution in [0.3, 0.4) is 0 Å². The fourth-order valence-corrected chi connectivity index (χ4v) is 1.25. The number of nitrogens with zero attached hydrogens (tertiary/aromatic N) is 1. The number of aryl methyl sites for hydroxylation is 1. The van der Waals surface area contributed by atoms with E-state index in [4.69, 9.17) is 10.5 Å². The molecule has 0 aliphatic rings. The number of methoxy groups -OCH3 is 1. The molecule has 0 radical (unpaired) electrons. The van der Waals surface area contributed by atoms with Crippen molar-refractivity contribution < 1.29 is 9.53 Å². The standard InChI is InChI=1S/C11H17N3O2/c1-8-3-4-13-5-9(8)6-14-11(15)10(12)7-16-2/h3-5,10H,6-7,12H2,1-2H3,(H,14,15). The van der Waals surface area contributed by atoms with Crippen molar-refractivity contribution in [2.45, 2.75) is 19.5 Å². The first kappa shape index (κ1) is 12.6. The normalized spacial score (nSPS) is 12.2. The van der Waals surface area contributed by atoms with E-state index in [0.29, 0.717) is 6.54 Å². The summed E-state index contributed by atoms with van der Waals surface area (Å²) in [5.74, 6) is -0.217. The van der Waals surface area contributed by atoms with Gasteiger partial charge in [0.15, 0.2) is 0 Å². The zero-order valence-electron chi connectivity index (χ0n) is 9.56. The van der Waals surface area contributed by atoms with Crippen molar-refractivity contribution in [1.29, 1.82) is 0 Å². The van der Waals surface area contributed by atoms with Crippen LogP contribution in [0.15, 0.2) is 18.5 Å². The topological polar surface area (TPSA) is 77.2 Å². The lowest BCUT2D eigenvalue weighted by Gasteiger charge is -2.11. The maximum Gasteiger partial charge on any atom is 0.239 e. The minimum atomic E-state index is -0.623. The third kappa shape index (κ3) is 3.60. The van der Waals surface area contributed by atoms with Crippen molar-refractivity contribution in [2.24, 2.45) is 5.73 Å². The quantitative estimate of drug-likeness (QED) is 0.735. The van der Waals surface area contributed by atoms with Crippen LogP contribution in [0.5, 0.6) is 0 Å². The van der Waals surface area contributed by atoms with E-state index in [1.807, 2.05) is 13.0 Å². The number of aromatic nitrogens is 1. The van der Waals surface area contributed by atoms with Crippen molar-refractivity contribution >= 4 is 5.91 Å². The molecule has 0 aromatic carbocycles. The number of ether oxygens (including phenoxy) is 1. The number of amides is 1. The molecule has 0 saturated heterocycles. The number of rotatable bonds is 5. The largest absolute Gasteiger partial charge is 0.383 e. The molecule has 0 aliphatic heterocycles. The van der Waals surface area contributed by atoms with Crippen LogP contribution in [0.2, 0.25) is 0 Å². The highest BCUT2D eigenvalue weighted by molar-refractivity contribution is 5.81. The number of hydrogen-bond donors (Lipinski definition) is 2. The van der Waals surface area contributed by atoms with E-state index in [9.17, 15) is 4.79 Å². The smallest absolute Gasteiger partial charge is 0.239 e. The SMILES string of the molecule is COCC(N)C(=O)NCc1cnccc1C. The molecule has 1 amide bonds. The number of nitrogens with one attached hydrogen (secondary N) is 1. The lowest BCUT2D eigenvalue weighted by molar-refractivity contribution is -0.123. The molecule has 1 heterocycles. The average molecular weight is 223 g/mol. The molecule has 1 atom stereocenters. The molecule has 5 heteroatoms. The van der Waals surface area contributed by atoms with E-state index in [0.717, 1.165) is 11.1 Å². The Hall–Kier alpha value is -1.46. The highest BCUT2D eigenvalue weighted by atomic mass is 16.5. The lowest BCUT2D eigenvalue weighted by atomic mass is 10.1. The van der Waals surface area contributed by atoms with Crippen molar-refractivity contribution in [1.82, 2.24) is 10.3 Å². The third-order valence-electron chi connectivity index (χ3n) is 2.28. The van der Waals surface area contributed by atoms with Gasteiger partial charge in [-0.25, -0.2) is 0 Å². The second kappa shape index (κ2) is 6.19. The van der Waals surface area contributed by atoms with Gasteiger partial charge in [0.2, 0.25) is 5.91 Å². The van der Waals surface area contributed by atoms with Gasteiger partial charge in [-0.1, -0.05) is 0 Å². The predicted molar refractivity (Wildman–Crippen MR) is 60.7 cm³/mol. The molecular weight excluding hydrogens is 206 g/mol. The van der Waals surface area contributed by atoms with Crippen LogP contribution < -0.4 is 11.1 Å². The molecule has 1 aromatic heterocycles. The van der Waals surface area contributed by atoms with Gasteiger partial charge in [-0.3, -0.25) is 9.78 Å². The lowest BCUT2D eigenvalue weighted by Crippen LogP contribution is -2.43. The van der Waals surface area contributed by atoms with Crippen LogP contribution in [-0.2, 0) is 16.1 Å². The number of pyridine rings is 1. The zero-order valence-corrected chi connectivity index (χ0v) is 9.56. The molecule has 0 spiro atoms. The summed E-state index contributed by atoms with van der Waals surface area (Å²) < 4.78 is 4.80. The van der Waals surface area contributed by atoms with Crippen LogP contribution in [0.1, 0.15) is 11.1 Å². The van der Waals surface area contributed by atoms with Gasteiger partial charge in [0.25, 0.3) is 0 Å². The Bertz CT molecular complexity index is 355. The van der Waals surface area contributed by atoms with Gasteiger partial charge in [0, 0.05) is 26.0 Å². The summed E-state index contributed by atoms with van der Waals surface area (Å²) in [5, 5.41) is 2.74. The fourth-order valence-electron chi connectivity index (χ4n) is 1.25. The molecule has 0 bridgehead atoms. The van der Waals surface area contributed by atoms with Gasteiger partial charge in [-0.2, -0.15) is 0 Å². The van der Waals surface area contributed by atoms with Gasteiger partial charge >= 0.3 is 0 Å². The summed E-state index contributed by atoms with van der Waals surface area (Å²) in [6, 6.07) is 1.28. The van der Waals surface area contributed by atoms with Gasteiger partial charge in [0.05, 0.1) is 6.61 Å². The average Bonchev–Trinajstić information content (AvgIpc) is 2.28. The van der Waals surface area contributed by atoms with E-state index in [2.05, 4.69) is 10.3 Å². The summed E-state index contributed by atoms with van der Waals surface area (Å²) in [6.45, 7) is 2.63. The molecular formula is C11H17N3O2. The van der Waals surface area contributed by atoms with Gasteiger partial charge in [-0.15, -0.1) is 0 Å². The first-order chi connectivity index (χ1) is 7.65. The summed E-state index contributed by atoms with van der Waals surface area (Å²) in [7, 11) is 1.51. The zero-order chi connectivity index (χ0) is 12.0. The second-order valence-corrected chi connectivity index (χ2v) is 3.58. The predicted octanol–water partition coefficient (Wildman–Crippen LogP) is -0.0201. The molecule has 1 unspecified atom stereocenters. The van der Waals surface area contributed by atoms with Gasteiger partial charge in [-0.05, 0) is 24.1 Å². The first-order valence-electron chi connectivity index (χ1n) is 5.07. The van der Waals surface area contributed by atoms with Gasteiger partial charge < -0.3 is 15.8 Å². The number of carbonyl (C=O) groups excluding carboxylic acids is 1. The molecule has 5 nitrogen and oxygen atoms in total. The third-order valence-corrected chi connectivity index (χ3v) is 2.28. The molecule has 0 aliphatic carbocycles. The van der Waals surface area contributed by atoms with E-state index in [-0.39, 0.29) is 12.5 Å². The van der Waals surface area contributed by atoms with Crippen LogP contribution in [0, 0.1) is 6.92 Å². The number of hydrogen-bond acceptors (Lipinski definition) is 4. The Morgan fingerprint density at radius 3 is 3.06 bits per heavy atom. The highest BCUT2D eigenvalue weighted by Crippen LogP contribution is 2.03. The van der Waals surface area contributed by atoms with E-state index < -0.39 is 6.04 Å². The monoisotopic (exact) mass is 223 g/mol. The first-order valence-corrected chi connectivity index (χ1v) is 5.07. The van der Waals surface area contributed by atoms with E-state index >= 15 is 0 Å². The van der Waals surface area contributed by atoms with Crippen LogP contribution >= 0.6 is 0 Å². The summed E-state index contributed by atoms with van der Waals surface area (Å²) >= 11 is 0. The fraction of sp³-hybridized carbons (Fsp3) is 0.455. The Morgan fingerprint density at radius 1 is 1.69 bits per heavy atom. The Labute approximate surface area is 95.0 Å². The summed E-state index contributed by atoms with van der Waals surface area (Å²) in [5.41, 5.74) is 7.66. The minimum absolute atomic E-state index is 0.217. The van der Waals surface area contributed by atoms with Crippen molar-refractivity contribution in [3.8, 4) is 0 Å². The molecule has 0 fully saturated rings. The van der Waals surface area contributed by atoms with Crippen molar-refractivity contribution in [3.05, 3.63) is 29.6 Å². The number of carbonyl (C=O) groups is 1. The summed E-state index contributed by atoms with van der Waals surface area (Å²) in [6.07, 6.45) is 3.45. The minimum Gasteiger partial charge on any atom is -0.383 e. The molecule has 1 rings (SSSR count). The Morgan fingerprint density at radius 2 is 2.44 bits per heavy atom. The molecule has 0 saturated carbocycles. The summed E-state index contributed by atoms with van der Waals surface area (Å²) in [4.78, 5) is 15.5. The second-order valence-electron chi connectivity index (χ2n) is 3.58. The van der Waals surface area contributed by atoms with Crippen LogP contribution in [-0.4, -0.2) is 30.6 Å². The van der Waals surface area contributed by atoms with Crippen LogP contribution in [0.4, 0.5) is 0 Å². The Balaban J connectivity index is 2.46. The van der Waals surface area contributed by atoms with Crippen molar-refractivity contribution in [3.63, 3.8) is 0 Å². The van der Waals surface area contributed by atoms with Gasteiger partial charge in [0.1, 0.15) is 6.04 Å². The van der Waals surface area contributed by atoms with E-state index in [1.165, 1.54) is 7.11 Å². The molecule has 88 valence electrons. The van der Waals surface area contributed by atoms with Crippen molar-refractivity contribution in [2.75, 3.05) is 13.7 Å². The molecule has 16 heavy (non-hydrogen) atoms. The maximum absolute atomic E-state index is 11.5. The Kier molecular flexibility index (Phi) is 4.88. The highest BCUT2D eigenvalue weighted by Gasteiger charge is 2.12. The molecule has 1 aromatic rings. The maximum atomic E-state index is 11.5. The van der Waals surface area contributed by atoms with E-state index in [1.54, 1.807) is 12.4 Å². The molecule has 3 N–H and O–H groups in total. The number of nitrogens with two attached hydrogens (primary N) is 1. The van der Waals surface area contributed by atoms with Crippen LogP contribution in [0.25, 0.3) is 0 Å².